The largest absolute Gasteiger partial charge is 0.466 e. The Kier molecular flexibility index (Phi) is 70.4. The molecule has 0 saturated carbocycles. The normalized spacial score (nSPS) is 17.4. The molecule has 1 fully saturated rings. The third kappa shape index (κ3) is 61.7. The van der Waals surface area contributed by atoms with Gasteiger partial charge in [-0.3, -0.25) is 9.59 Å². The summed E-state index contributed by atoms with van der Waals surface area (Å²) < 4.78 is 16.8. The van der Waals surface area contributed by atoms with E-state index in [1.165, 1.54) is 360 Å². The summed E-state index contributed by atoms with van der Waals surface area (Å²) in [6.07, 6.45) is 85.4. The fourth-order valence-corrected chi connectivity index (χ4v) is 13.8. The zero-order valence-electron chi connectivity index (χ0n) is 62.9. The van der Waals surface area contributed by atoms with Crippen LogP contribution in [0.1, 0.15) is 438 Å². The van der Waals surface area contributed by atoms with Gasteiger partial charge in [0.2, 0.25) is 5.91 Å². The number of rotatable bonds is 76. The zero-order valence-corrected chi connectivity index (χ0v) is 62.9. The van der Waals surface area contributed by atoms with Gasteiger partial charge in [-0.1, -0.05) is 404 Å². The van der Waals surface area contributed by atoms with E-state index in [2.05, 4.69) is 31.3 Å². The van der Waals surface area contributed by atoms with Crippen molar-refractivity contribution in [3.63, 3.8) is 0 Å². The van der Waals surface area contributed by atoms with Crippen molar-refractivity contribution in [2.75, 3.05) is 19.8 Å². The molecular weight excluding hydrogens is 1180 g/mol. The van der Waals surface area contributed by atoms with E-state index in [0.29, 0.717) is 19.4 Å². The van der Waals surface area contributed by atoms with E-state index < -0.39 is 49.5 Å². The fourth-order valence-electron chi connectivity index (χ4n) is 13.8. The van der Waals surface area contributed by atoms with Gasteiger partial charge in [0.1, 0.15) is 24.4 Å². The number of carbonyl (C=O) groups is 2. The molecule has 1 aliphatic rings. The van der Waals surface area contributed by atoms with Crippen LogP contribution < -0.4 is 5.32 Å². The smallest absolute Gasteiger partial charge is 0.305 e. The third-order valence-corrected chi connectivity index (χ3v) is 20.3. The minimum absolute atomic E-state index is 0.0232. The number of esters is 1. The van der Waals surface area contributed by atoms with Gasteiger partial charge in [-0.2, -0.15) is 0 Å². The molecule has 7 unspecified atom stereocenters. The molecule has 0 aromatic carbocycles. The predicted octanol–water partition coefficient (Wildman–Crippen LogP) is 23.1. The maximum atomic E-state index is 13.1. The molecule has 0 bridgehead atoms. The van der Waals surface area contributed by atoms with Gasteiger partial charge in [-0.25, -0.2) is 0 Å². The van der Waals surface area contributed by atoms with E-state index in [1.807, 2.05) is 6.08 Å². The summed E-state index contributed by atoms with van der Waals surface area (Å²) >= 11 is 0. The lowest BCUT2D eigenvalue weighted by atomic mass is 9.99. The molecule has 0 spiro atoms. The number of unbranched alkanes of at least 4 members (excludes halogenated alkanes) is 60. The van der Waals surface area contributed by atoms with Crippen LogP contribution in [0.4, 0.5) is 0 Å². The summed E-state index contributed by atoms with van der Waals surface area (Å²) in [5.41, 5.74) is 0. The first-order valence-electron chi connectivity index (χ1n) is 42.1. The second-order valence-electron chi connectivity index (χ2n) is 29.5. The van der Waals surface area contributed by atoms with Crippen molar-refractivity contribution in [2.24, 2.45) is 0 Å². The molecule has 7 atom stereocenters. The van der Waals surface area contributed by atoms with Crippen LogP contribution in [0.3, 0.4) is 0 Å². The van der Waals surface area contributed by atoms with Gasteiger partial charge < -0.3 is 45.1 Å². The van der Waals surface area contributed by atoms with Crippen LogP contribution >= 0.6 is 0 Å². The predicted molar refractivity (Wildman–Crippen MR) is 403 cm³/mol. The maximum absolute atomic E-state index is 13.1. The molecule has 6 N–H and O–H groups in total. The molecule has 1 rings (SSSR count). The van der Waals surface area contributed by atoms with E-state index in [-0.39, 0.29) is 18.5 Å². The summed E-state index contributed by atoms with van der Waals surface area (Å²) in [7, 11) is 0. The lowest BCUT2D eigenvalue weighted by Gasteiger charge is -2.40. The van der Waals surface area contributed by atoms with Crippen LogP contribution in [0.5, 0.6) is 0 Å². The summed E-state index contributed by atoms with van der Waals surface area (Å²) in [4.78, 5) is 25.2. The Labute approximate surface area is 588 Å². The van der Waals surface area contributed by atoms with Gasteiger partial charge in [0.15, 0.2) is 6.29 Å². The first-order valence-corrected chi connectivity index (χ1v) is 42.1. The molecule has 0 aromatic heterocycles. The van der Waals surface area contributed by atoms with Crippen molar-refractivity contribution in [1.29, 1.82) is 0 Å². The molecule has 1 saturated heterocycles. The molecular formula is C84H161NO10. The Morgan fingerprint density at radius 2 is 0.684 bits per heavy atom. The molecule has 0 radical (unpaired) electrons. The summed E-state index contributed by atoms with van der Waals surface area (Å²) in [5, 5.41) is 54.4. The van der Waals surface area contributed by atoms with Crippen molar-refractivity contribution >= 4 is 11.9 Å². The number of nitrogens with one attached hydrogen (secondary N) is 1. The zero-order chi connectivity index (χ0) is 68.6. The second-order valence-corrected chi connectivity index (χ2v) is 29.5. The van der Waals surface area contributed by atoms with Crippen LogP contribution in [0.2, 0.25) is 0 Å². The molecule has 1 amide bonds. The highest BCUT2D eigenvalue weighted by atomic mass is 16.7. The molecule has 0 aliphatic carbocycles. The van der Waals surface area contributed by atoms with Crippen molar-refractivity contribution in [3.05, 3.63) is 24.3 Å². The van der Waals surface area contributed by atoms with Crippen LogP contribution in [-0.2, 0) is 23.8 Å². The quantitative estimate of drug-likeness (QED) is 0.0195. The number of amides is 1. The van der Waals surface area contributed by atoms with E-state index >= 15 is 0 Å². The lowest BCUT2D eigenvalue weighted by Crippen LogP contribution is -2.60. The third-order valence-electron chi connectivity index (χ3n) is 20.3. The SMILES string of the molecule is CCCCCCC/C=C/CC/C=C/C(O)C(COC1OC(CO)C(O)C(O)C1O)NC(=O)CCCCCCCCCCCCCCCCCCCCCCCCCCCCCCCCCCCCCCCCCOC(=O)CCCCCCCCCCCCCCCCCCC. The number of hydrogen-bond acceptors (Lipinski definition) is 10. The average Bonchev–Trinajstić information content (AvgIpc) is 0.858. The van der Waals surface area contributed by atoms with E-state index in [9.17, 15) is 35.1 Å². The number of aliphatic hydroxyl groups is 5. The molecule has 11 heteroatoms. The maximum Gasteiger partial charge on any atom is 0.305 e. The van der Waals surface area contributed by atoms with Crippen LogP contribution in [0.15, 0.2) is 24.3 Å². The Balaban J connectivity index is 1.83. The molecule has 1 heterocycles. The van der Waals surface area contributed by atoms with Gasteiger partial charge in [-0.05, 0) is 44.9 Å². The number of allylic oxidation sites excluding steroid dienone is 3. The monoisotopic (exact) mass is 1340 g/mol. The van der Waals surface area contributed by atoms with Crippen molar-refractivity contribution in [2.45, 2.75) is 480 Å². The summed E-state index contributed by atoms with van der Waals surface area (Å²) in [6.45, 7) is 4.37. The molecule has 1 aliphatic heterocycles. The Bertz CT molecular complexity index is 1630. The van der Waals surface area contributed by atoms with Gasteiger partial charge in [-0.15, -0.1) is 0 Å². The minimum Gasteiger partial charge on any atom is -0.466 e. The molecule has 562 valence electrons. The first kappa shape index (κ1) is 91.2. The Morgan fingerprint density at radius 3 is 1.04 bits per heavy atom. The van der Waals surface area contributed by atoms with Gasteiger partial charge in [0.05, 0.1) is 32.0 Å². The number of carbonyl (C=O) groups excluding carboxylic acids is 2. The highest BCUT2D eigenvalue weighted by Gasteiger charge is 2.44. The lowest BCUT2D eigenvalue weighted by molar-refractivity contribution is -0.302. The van der Waals surface area contributed by atoms with Crippen molar-refractivity contribution < 1.29 is 49.3 Å². The first-order chi connectivity index (χ1) is 46.7. The van der Waals surface area contributed by atoms with E-state index in [1.54, 1.807) is 6.08 Å². The highest BCUT2D eigenvalue weighted by molar-refractivity contribution is 5.76. The minimum atomic E-state index is -1.57. The number of ether oxygens (including phenoxy) is 3. The summed E-state index contributed by atoms with van der Waals surface area (Å²) in [6, 6.07) is -0.822. The standard InChI is InChI=1S/C84H161NO10/c1-3-5-7-9-11-13-15-16-17-41-45-48-52-56-60-64-68-72-80(89)93-73-69-65-61-57-53-49-46-43-40-38-36-34-32-30-28-26-24-22-20-18-19-21-23-25-27-29-31-33-35-37-39-42-44-47-51-55-59-63-67-71-79(88)85-76(75-94-84-83(92)82(91)81(90)78(74-86)95-84)77(87)70-66-62-58-54-50-14-12-10-8-6-4-2/h50,54,66,70,76-78,81-84,86-87,90-92H,3-49,51-53,55-65,67-69,71-75H2,1-2H3,(H,85,88)/b54-50+,70-66+. The van der Waals surface area contributed by atoms with Gasteiger partial charge >= 0.3 is 5.97 Å². The fraction of sp³-hybridized carbons (Fsp3) is 0.929. The van der Waals surface area contributed by atoms with Crippen LogP contribution in [-0.4, -0.2) is 100 Å². The average molecular weight is 1350 g/mol. The van der Waals surface area contributed by atoms with Crippen LogP contribution in [0, 0.1) is 0 Å². The molecule has 95 heavy (non-hydrogen) atoms. The topological polar surface area (TPSA) is 175 Å². The summed E-state index contributed by atoms with van der Waals surface area (Å²) in [5.74, 6) is -0.161. The highest BCUT2D eigenvalue weighted by Crippen LogP contribution is 2.24. The van der Waals surface area contributed by atoms with Crippen molar-refractivity contribution in [1.82, 2.24) is 5.32 Å². The Morgan fingerprint density at radius 1 is 0.379 bits per heavy atom. The van der Waals surface area contributed by atoms with Gasteiger partial charge in [0.25, 0.3) is 0 Å². The van der Waals surface area contributed by atoms with Crippen LogP contribution in [0.25, 0.3) is 0 Å². The van der Waals surface area contributed by atoms with E-state index in [4.69, 9.17) is 14.2 Å². The molecule has 11 nitrogen and oxygen atoms in total. The second kappa shape index (κ2) is 73.4. The van der Waals surface area contributed by atoms with Crippen molar-refractivity contribution in [3.8, 4) is 0 Å². The number of aliphatic hydroxyl groups excluding tert-OH is 5. The Hall–Kier alpha value is -1.86. The molecule has 0 aromatic rings. The van der Waals surface area contributed by atoms with Gasteiger partial charge in [0, 0.05) is 12.8 Å². The van der Waals surface area contributed by atoms with E-state index in [0.717, 1.165) is 51.4 Å². The number of hydrogen-bond donors (Lipinski definition) is 6.